The number of oxazole rings is 1. The highest BCUT2D eigenvalue weighted by molar-refractivity contribution is 5.79. The number of benzene rings is 1. The highest BCUT2D eigenvalue weighted by Gasteiger charge is 2.35. The molecule has 0 bridgehead atoms. The molecule has 1 aromatic carbocycles. The van der Waals surface area contributed by atoms with Gasteiger partial charge in [0.05, 0.1) is 6.54 Å². The SMILES string of the molecule is CCN(CC(=O)N1CCCCC1c1nc2ccccc2o1)C1CC1. The number of rotatable bonds is 5. The van der Waals surface area contributed by atoms with Gasteiger partial charge in [-0.3, -0.25) is 9.69 Å². The number of carbonyl (C=O) groups excluding carboxylic acids is 1. The molecule has 1 saturated heterocycles. The first-order valence-electron chi connectivity index (χ1n) is 9.15. The van der Waals surface area contributed by atoms with Gasteiger partial charge in [-0.25, -0.2) is 4.98 Å². The van der Waals surface area contributed by atoms with Crippen molar-refractivity contribution in [2.75, 3.05) is 19.6 Å². The fourth-order valence-electron chi connectivity index (χ4n) is 3.72. The Labute approximate surface area is 142 Å². The number of likely N-dealkylation sites (tertiary alicyclic amines) is 1. The van der Waals surface area contributed by atoms with Crippen LogP contribution < -0.4 is 0 Å². The van der Waals surface area contributed by atoms with Gasteiger partial charge in [-0.1, -0.05) is 19.1 Å². The van der Waals surface area contributed by atoms with E-state index in [0.29, 0.717) is 18.5 Å². The van der Waals surface area contributed by atoms with Gasteiger partial charge >= 0.3 is 0 Å². The Balaban J connectivity index is 1.54. The molecule has 1 saturated carbocycles. The van der Waals surface area contributed by atoms with Gasteiger partial charge in [-0.2, -0.15) is 0 Å². The molecule has 1 aromatic heterocycles. The molecule has 4 rings (SSSR count). The number of carbonyl (C=O) groups is 1. The molecule has 1 aliphatic carbocycles. The molecular weight excluding hydrogens is 302 g/mol. The summed E-state index contributed by atoms with van der Waals surface area (Å²) < 4.78 is 5.96. The topological polar surface area (TPSA) is 49.6 Å². The second-order valence-electron chi connectivity index (χ2n) is 6.91. The average molecular weight is 327 g/mol. The zero-order valence-electron chi connectivity index (χ0n) is 14.3. The molecule has 128 valence electrons. The van der Waals surface area contributed by atoms with Gasteiger partial charge in [-0.15, -0.1) is 0 Å². The number of piperidine rings is 1. The molecular formula is C19H25N3O2. The summed E-state index contributed by atoms with van der Waals surface area (Å²) in [5, 5.41) is 0. The Morgan fingerprint density at radius 2 is 2.12 bits per heavy atom. The lowest BCUT2D eigenvalue weighted by Crippen LogP contribution is -2.45. The number of fused-ring (bicyclic) bond motifs is 1. The van der Waals surface area contributed by atoms with E-state index in [2.05, 4.69) is 16.8 Å². The van der Waals surface area contributed by atoms with Crippen LogP contribution in [0.25, 0.3) is 11.1 Å². The summed E-state index contributed by atoms with van der Waals surface area (Å²) in [5.74, 6) is 0.912. The molecule has 2 heterocycles. The van der Waals surface area contributed by atoms with E-state index >= 15 is 0 Å². The lowest BCUT2D eigenvalue weighted by molar-refractivity contribution is -0.137. The molecule has 5 heteroatoms. The van der Waals surface area contributed by atoms with E-state index < -0.39 is 0 Å². The zero-order chi connectivity index (χ0) is 16.5. The van der Waals surface area contributed by atoms with Crippen LogP contribution in [0.5, 0.6) is 0 Å². The van der Waals surface area contributed by atoms with Crippen LogP contribution in [-0.2, 0) is 4.79 Å². The smallest absolute Gasteiger partial charge is 0.237 e. The molecule has 0 N–H and O–H groups in total. The van der Waals surface area contributed by atoms with E-state index in [0.717, 1.165) is 43.5 Å². The summed E-state index contributed by atoms with van der Waals surface area (Å²) in [4.78, 5) is 21.9. The molecule has 1 atom stereocenters. The van der Waals surface area contributed by atoms with Crippen LogP contribution in [0.1, 0.15) is 51.0 Å². The number of hydrogen-bond acceptors (Lipinski definition) is 4. The second kappa shape index (κ2) is 6.55. The normalized spacial score (nSPS) is 21.6. The van der Waals surface area contributed by atoms with Crippen LogP contribution in [0.3, 0.4) is 0 Å². The van der Waals surface area contributed by atoms with Crippen molar-refractivity contribution in [2.24, 2.45) is 0 Å². The van der Waals surface area contributed by atoms with Crippen molar-refractivity contribution in [1.82, 2.24) is 14.8 Å². The minimum Gasteiger partial charge on any atom is -0.438 e. The monoisotopic (exact) mass is 327 g/mol. The van der Waals surface area contributed by atoms with Crippen molar-refractivity contribution in [3.05, 3.63) is 30.2 Å². The molecule has 24 heavy (non-hydrogen) atoms. The highest BCUT2D eigenvalue weighted by atomic mass is 16.3. The van der Waals surface area contributed by atoms with Crippen LogP contribution in [0.2, 0.25) is 0 Å². The van der Waals surface area contributed by atoms with Gasteiger partial charge in [0.2, 0.25) is 11.8 Å². The molecule has 5 nitrogen and oxygen atoms in total. The maximum atomic E-state index is 12.9. The van der Waals surface area contributed by atoms with Crippen LogP contribution in [0, 0.1) is 0 Å². The molecule has 2 fully saturated rings. The summed E-state index contributed by atoms with van der Waals surface area (Å²) in [5.41, 5.74) is 1.68. The second-order valence-corrected chi connectivity index (χ2v) is 6.91. The van der Waals surface area contributed by atoms with Crippen LogP contribution in [0.4, 0.5) is 0 Å². The molecule has 2 aliphatic rings. The molecule has 0 radical (unpaired) electrons. The van der Waals surface area contributed by atoms with E-state index in [1.807, 2.05) is 29.2 Å². The fraction of sp³-hybridized carbons (Fsp3) is 0.579. The number of nitrogens with zero attached hydrogens (tertiary/aromatic N) is 3. The largest absolute Gasteiger partial charge is 0.438 e. The third-order valence-corrected chi connectivity index (χ3v) is 5.23. The maximum Gasteiger partial charge on any atom is 0.237 e. The predicted octanol–water partition coefficient (Wildman–Crippen LogP) is 3.37. The van der Waals surface area contributed by atoms with E-state index in [-0.39, 0.29) is 11.9 Å². The quantitative estimate of drug-likeness (QED) is 0.845. The number of aromatic nitrogens is 1. The van der Waals surface area contributed by atoms with Crippen molar-refractivity contribution in [3.63, 3.8) is 0 Å². The summed E-state index contributed by atoms with van der Waals surface area (Å²) in [6, 6.07) is 8.42. The van der Waals surface area contributed by atoms with E-state index in [4.69, 9.17) is 4.42 Å². The van der Waals surface area contributed by atoms with Gasteiger partial charge in [0, 0.05) is 12.6 Å². The average Bonchev–Trinajstić information content (AvgIpc) is 3.37. The molecule has 0 spiro atoms. The van der Waals surface area contributed by atoms with Crippen molar-refractivity contribution in [1.29, 1.82) is 0 Å². The van der Waals surface area contributed by atoms with Crippen molar-refractivity contribution in [3.8, 4) is 0 Å². The Hall–Kier alpha value is -1.88. The van der Waals surface area contributed by atoms with Gasteiger partial charge in [0.1, 0.15) is 11.6 Å². The van der Waals surface area contributed by atoms with Crippen molar-refractivity contribution >= 4 is 17.0 Å². The Kier molecular flexibility index (Phi) is 4.27. The van der Waals surface area contributed by atoms with Crippen LogP contribution in [-0.4, -0.2) is 46.4 Å². The Morgan fingerprint density at radius 3 is 2.88 bits per heavy atom. The third kappa shape index (κ3) is 3.05. The standard InChI is InChI=1S/C19H25N3O2/c1-2-21(14-10-11-14)13-18(23)22-12-6-5-8-16(22)19-20-15-7-3-4-9-17(15)24-19/h3-4,7,9,14,16H,2,5-6,8,10-13H2,1H3. The predicted molar refractivity (Wildman–Crippen MR) is 92.6 cm³/mol. The number of para-hydroxylation sites is 2. The van der Waals surface area contributed by atoms with E-state index in [1.54, 1.807) is 0 Å². The van der Waals surface area contributed by atoms with Gasteiger partial charge in [0.15, 0.2) is 5.58 Å². The minimum atomic E-state index is -0.0171. The zero-order valence-corrected chi connectivity index (χ0v) is 14.3. The Morgan fingerprint density at radius 1 is 1.29 bits per heavy atom. The first-order valence-corrected chi connectivity index (χ1v) is 9.15. The number of likely N-dealkylation sites (N-methyl/N-ethyl adjacent to an activating group) is 1. The third-order valence-electron chi connectivity index (χ3n) is 5.23. The van der Waals surface area contributed by atoms with E-state index in [1.165, 1.54) is 12.8 Å². The Bertz CT molecular complexity index is 689. The summed E-state index contributed by atoms with van der Waals surface area (Å²) >= 11 is 0. The highest BCUT2D eigenvalue weighted by Crippen LogP contribution is 2.33. The van der Waals surface area contributed by atoms with Crippen molar-refractivity contribution < 1.29 is 9.21 Å². The summed E-state index contributed by atoms with van der Waals surface area (Å²) in [6.07, 6.45) is 5.59. The lowest BCUT2D eigenvalue weighted by Gasteiger charge is -2.35. The van der Waals surface area contributed by atoms with Gasteiger partial charge in [0.25, 0.3) is 0 Å². The summed E-state index contributed by atoms with van der Waals surface area (Å²) in [6.45, 7) is 4.42. The fourth-order valence-corrected chi connectivity index (χ4v) is 3.72. The first-order chi connectivity index (χ1) is 11.8. The number of amides is 1. The van der Waals surface area contributed by atoms with E-state index in [9.17, 15) is 4.79 Å². The summed E-state index contributed by atoms with van der Waals surface area (Å²) in [7, 11) is 0. The first kappa shape index (κ1) is 15.6. The van der Waals surface area contributed by atoms with Gasteiger partial charge < -0.3 is 9.32 Å². The molecule has 2 aromatic rings. The van der Waals surface area contributed by atoms with Gasteiger partial charge in [-0.05, 0) is 50.8 Å². The molecule has 1 aliphatic heterocycles. The van der Waals surface area contributed by atoms with Crippen LogP contribution in [0.15, 0.2) is 28.7 Å². The maximum absolute atomic E-state index is 12.9. The lowest BCUT2D eigenvalue weighted by atomic mass is 10.0. The number of hydrogen-bond donors (Lipinski definition) is 0. The molecule has 1 amide bonds. The van der Waals surface area contributed by atoms with Crippen LogP contribution >= 0.6 is 0 Å². The minimum absolute atomic E-state index is 0.0171. The van der Waals surface area contributed by atoms with Crippen molar-refractivity contribution in [2.45, 2.75) is 51.1 Å². The molecule has 1 unspecified atom stereocenters.